The van der Waals surface area contributed by atoms with Gasteiger partial charge in [-0.1, -0.05) is 23.8 Å². The Morgan fingerprint density at radius 1 is 1.25 bits per heavy atom. The minimum absolute atomic E-state index is 0.365. The summed E-state index contributed by atoms with van der Waals surface area (Å²) in [6.07, 6.45) is 1.53. The summed E-state index contributed by atoms with van der Waals surface area (Å²) in [7, 11) is 0. The van der Waals surface area contributed by atoms with E-state index in [-0.39, 0.29) is 6.10 Å². The third kappa shape index (κ3) is 2.95. The number of aliphatic hydroxyl groups excluding tert-OH is 1. The molecule has 0 saturated heterocycles. The van der Waals surface area contributed by atoms with Crippen LogP contribution in [0, 0.1) is 13.8 Å². The van der Waals surface area contributed by atoms with Crippen molar-refractivity contribution >= 4 is 23.1 Å². The van der Waals surface area contributed by atoms with E-state index in [2.05, 4.69) is 38.1 Å². The van der Waals surface area contributed by atoms with Crippen molar-refractivity contribution in [1.82, 2.24) is 0 Å². The summed E-state index contributed by atoms with van der Waals surface area (Å²) in [4.78, 5) is 2.62. The molecule has 0 saturated carbocycles. The summed E-state index contributed by atoms with van der Waals surface area (Å²) < 4.78 is 0. The van der Waals surface area contributed by atoms with Crippen molar-refractivity contribution in [3.63, 3.8) is 0 Å². The predicted molar refractivity (Wildman–Crippen MR) is 88.8 cm³/mol. The minimum atomic E-state index is -0.365. The van der Waals surface area contributed by atoms with Gasteiger partial charge in [-0.2, -0.15) is 11.8 Å². The van der Waals surface area contributed by atoms with E-state index in [1.54, 1.807) is 0 Å². The quantitative estimate of drug-likeness (QED) is 0.905. The van der Waals surface area contributed by atoms with Crippen LogP contribution in [-0.2, 0) is 18.6 Å². The molecule has 3 heteroatoms. The van der Waals surface area contributed by atoms with Crippen molar-refractivity contribution in [3.05, 3.63) is 56.3 Å². The molecule has 20 heavy (non-hydrogen) atoms. The Morgan fingerprint density at radius 2 is 2.10 bits per heavy atom. The van der Waals surface area contributed by atoms with Crippen LogP contribution in [-0.4, -0.2) is 10.9 Å². The number of rotatable bonds is 3. The smallest absolute Gasteiger partial charge is 0.0922 e. The van der Waals surface area contributed by atoms with Crippen molar-refractivity contribution in [1.29, 1.82) is 0 Å². The van der Waals surface area contributed by atoms with Gasteiger partial charge in [-0.05, 0) is 48.8 Å². The van der Waals surface area contributed by atoms with Gasteiger partial charge in [-0.15, -0.1) is 11.3 Å². The van der Waals surface area contributed by atoms with Gasteiger partial charge in [0.15, 0.2) is 0 Å². The van der Waals surface area contributed by atoms with Gasteiger partial charge in [0.2, 0.25) is 0 Å². The monoisotopic (exact) mass is 304 g/mol. The van der Waals surface area contributed by atoms with E-state index in [0.29, 0.717) is 0 Å². The number of aliphatic hydroxyl groups is 1. The third-order valence-electron chi connectivity index (χ3n) is 3.89. The van der Waals surface area contributed by atoms with Gasteiger partial charge in [-0.25, -0.2) is 0 Å². The van der Waals surface area contributed by atoms with Crippen molar-refractivity contribution in [2.45, 2.75) is 38.5 Å². The fraction of sp³-hybridized carbons (Fsp3) is 0.412. The highest BCUT2D eigenvalue weighted by molar-refractivity contribution is 7.98. The van der Waals surface area contributed by atoms with Gasteiger partial charge in [0.1, 0.15) is 0 Å². The zero-order chi connectivity index (χ0) is 14.1. The lowest BCUT2D eigenvalue weighted by atomic mass is 9.99. The van der Waals surface area contributed by atoms with Crippen molar-refractivity contribution in [2.24, 2.45) is 0 Å². The minimum Gasteiger partial charge on any atom is -0.387 e. The van der Waals surface area contributed by atoms with Gasteiger partial charge in [-0.3, -0.25) is 0 Å². The fourth-order valence-electron chi connectivity index (χ4n) is 2.66. The molecule has 0 aliphatic carbocycles. The van der Waals surface area contributed by atoms with Gasteiger partial charge < -0.3 is 5.11 Å². The van der Waals surface area contributed by atoms with E-state index in [1.165, 1.54) is 39.3 Å². The van der Waals surface area contributed by atoms with Gasteiger partial charge in [0, 0.05) is 21.9 Å². The summed E-state index contributed by atoms with van der Waals surface area (Å²) in [6, 6.07) is 8.70. The number of thioether (sulfide) groups is 1. The standard InChI is InChI=1S/C17H20OS2/c1-11-3-4-12(2)13(7-11)8-15(18)17-9-14-10-19-6-5-16(14)20-17/h3-4,7,9,15,18H,5-6,8,10H2,1-2H3. The Bertz CT molecular complexity index is 592. The van der Waals surface area contributed by atoms with Crippen molar-refractivity contribution in [2.75, 3.05) is 5.75 Å². The first-order valence-corrected chi connectivity index (χ1v) is 9.04. The Kier molecular flexibility index (Phi) is 4.20. The van der Waals surface area contributed by atoms with E-state index in [0.717, 1.165) is 17.1 Å². The van der Waals surface area contributed by atoms with Crippen molar-refractivity contribution < 1.29 is 5.11 Å². The molecule has 0 radical (unpaired) electrons. The molecule has 2 aromatic rings. The van der Waals surface area contributed by atoms with E-state index >= 15 is 0 Å². The second kappa shape index (κ2) is 5.92. The first-order chi connectivity index (χ1) is 9.63. The Labute approximate surface area is 129 Å². The molecule has 3 rings (SSSR count). The maximum atomic E-state index is 10.5. The highest BCUT2D eigenvalue weighted by Gasteiger charge is 2.18. The van der Waals surface area contributed by atoms with Crippen LogP contribution in [0.5, 0.6) is 0 Å². The van der Waals surface area contributed by atoms with E-state index < -0.39 is 0 Å². The molecular weight excluding hydrogens is 284 g/mol. The number of aryl methyl sites for hydroxylation is 3. The van der Waals surface area contributed by atoms with E-state index in [1.807, 2.05) is 23.1 Å². The number of benzene rings is 1. The lowest BCUT2D eigenvalue weighted by Gasteiger charge is -2.11. The zero-order valence-corrected chi connectivity index (χ0v) is 13.6. The maximum absolute atomic E-state index is 10.5. The zero-order valence-electron chi connectivity index (χ0n) is 12.0. The average Bonchev–Trinajstić information content (AvgIpc) is 2.87. The average molecular weight is 304 g/mol. The molecule has 1 aromatic heterocycles. The van der Waals surface area contributed by atoms with Crippen LogP contribution in [0.3, 0.4) is 0 Å². The maximum Gasteiger partial charge on any atom is 0.0922 e. The molecule has 0 bridgehead atoms. The van der Waals surface area contributed by atoms with Gasteiger partial charge >= 0.3 is 0 Å². The summed E-state index contributed by atoms with van der Waals surface area (Å²) in [5, 5.41) is 10.5. The summed E-state index contributed by atoms with van der Waals surface area (Å²) in [6.45, 7) is 4.23. The molecule has 1 aromatic carbocycles. The van der Waals surface area contributed by atoms with Crippen LogP contribution >= 0.6 is 23.1 Å². The molecule has 1 aliphatic rings. The molecule has 1 nitrogen and oxygen atoms in total. The number of fused-ring (bicyclic) bond motifs is 1. The SMILES string of the molecule is Cc1ccc(C)c(CC(O)c2cc3c(s2)CCSC3)c1. The second-order valence-electron chi connectivity index (χ2n) is 5.55. The second-order valence-corrected chi connectivity index (χ2v) is 7.82. The Hall–Kier alpha value is -0.770. The first-order valence-electron chi connectivity index (χ1n) is 7.07. The number of hydrogen-bond acceptors (Lipinski definition) is 3. The van der Waals surface area contributed by atoms with Crippen LogP contribution in [0.2, 0.25) is 0 Å². The lowest BCUT2D eigenvalue weighted by Crippen LogP contribution is -2.01. The number of thiophene rings is 1. The van der Waals surface area contributed by atoms with Gasteiger partial charge in [0.25, 0.3) is 0 Å². The molecule has 1 aliphatic heterocycles. The predicted octanol–water partition coefficient (Wildman–Crippen LogP) is 4.43. The molecule has 0 amide bonds. The highest BCUT2D eigenvalue weighted by atomic mass is 32.2. The van der Waals surface area contributed by atoms with Crippen LogP contribution in [0.4, 0.5) is 0 Å². The van der Waals surface area contributed by atoms with Crippen LogP contribution in [0.15, 0.2) is 24.3 Å². The van der Waals surface area contributed by atoms with Crippen LogP contribution in [0.1, 0.15) is 38.1 Å². The Morgan fingerprint density at radius 3 is 2.90 bits per heavy atom. The molecule has 106 valence electrons. The topological polar surface area (TPSA) is 20.2 Å². The molecule has 1 unspecified atom stereocenters. The normalized spacial score (nSPS) is 15.9. The molecule has 1 N–H and O–H groups in total. The molecule has 2 heterocycles. The van der Waals surface area contributed by atoms with Crippen LogP contribution < -0.4 is 0 Å². The van der Waals surface area contributed by atoms with Crippen molar-refractivity contribution in [3.8, 4) is 0 Å². The molecule has 1 atom stereocenters. The Balaban J connectivity index is 1.80. The highest BCUT2D eigenvalue weighted by Crippen LogP contribution is 2.35. The van der Waals surface area contributed by atoms with E-state index in [4.69, 9.17) is 0 Å². The van der Waals surface area contributed by atoms with Crippen LogP contribution in [0.25, 0.3) is 0 Å². The molecule has 0 spiro atoms. The fourth-order valence-corrected chi connectivity index (χ4v) is 5.03. The summed E-state index contributed by atoms with van der Waals surface area (Å²) in [5.41, 5.74) is 5.24. The largest absolute Gasteiger partial charge is 0.387 e. The molecule has 0 fully saturated rings. The summed E-state index contributed by atoms with van der Waals surface area (Å²) in [5.74, 6) is 2.34. The lowest BCUT2D eigenvalue weighted by molar-refractivity contribution is 0.182. The number of hydrogen-bond donors (Lipinski definition) is 1. The summed E-state index contributed by atoms with van der Waals surface area (Å²) >= 11 is 3.81. The van der Waals surface area contributed by atoms with Gasteiger partial charge in [0.05, 0.1) is 6.10 Å². The third-order valence-corrected chi connectivity index (χ3v) is 6.24. The first kappa shape index (κ1) is 14.2. The van der Waals surface area contributed by atoms with E-state index in [9.17, 15) is 5.11 Å². The molecular formula is C17H20OS2.